The van der Waals surface area contributed by atoms with Crippen LogP contribution in [0.4, 0.5) is 0 Å². The Labute approximate surface area is 110 Å². The summed E-state index contributed by atoms with van der Waals surface area (Å²) in [7, 11) is -1.35. The van der Waals surface area contributed by atoms with Gasteiger partial charge in [0.05, 0.1) is 5.75 Å². The van der Waals surface area contributed by atoms with Crippen LogP contribution in [0.5, 0.6) is 0 Å². The van der Waals surface area contributed by atoms with Gasteiger partial charge in [-0.2, -0.15) is 0 Å². The highest BCUT2D eigenvalue weighted by atomic mass is 32.2. The maximum atomic E-state index is 11.7. The van der Waals surface area contributed by atoms with Gasteiger partial charge in [-0.1, -0.05) is 31.2 Å². The highest BCUT2D eigenvalue weighted by Gasteiger charge is 2.10. The van der Waals surface area contributed by atoms with Crippen molar-refractivity contribution in [1.82, 2.24) is 10.0 Å². The molecule has 1 rings (SSSR count). The number of hydrogen-bond acceptors (Lipinski definition) is 3. The molecular weight excluding hydrogens is 248 g/mol. The fraction of sp³-hybridized carbons (Fsp3) is 0.538. The van der Waals surface area contributed by atoms with Crippen molar-refractivity contribution in [3.63, 3.8) is 0 Å². The van der Waals surface area contributed by atoms with Gasteiger partial charge in [0.25, 0.3) is 0 Å². The minimum absolute atomic E-state index is 0.169. The Morgan fingerprint density at radius 2 is 1.83 bits per heavy atom. The van der Waals surface area contributed by atoms with E-state index in [2.05, 4.69) is 17.0 Å². The van der Waals surface area contributed by atoms with Crippen LogP contribution in [0.3, 0.4) is 0 Å². The second kappa shape index (κ2) is 7.51. The lowest BCUT2D eigenvalue weighted by Gasteiger charge is -2.09. The third kappa shape index (κ3) is 5.16. The van der Waals surface area contributed by atoms with Gasteiger partial charge in [-0.15, -0.1) is 0 Å². The van der Waals surface area contributed by atoms with Crippen molar-refractivity contribution in [1.29, 1.82) is 0 Å². The van der Waals surface area contributed by atoms with Crippen molar-refractivity contribution in [2.24, 2.45) is 0 Å². The summed E-state index contributed by atoms with van der Waals surface area (Å²) < 4.78 is 26.1. The summed E-state index contributed by atoms with van der Waals surface area (Å²) in [6.45, 7) is 3.17. The van der Waals surface area contributed by atoms with Gasteiger partial charge in [-0.05, 0) is 37.6 Å². The maximum absolute atomic E-state index is 11.7. The second-order valence-corrected chi connectivity index (χ2v) is 6.15. The van der Waals surface area contributed by atoms with Crippen LogP contribution in [0.2, 0.25) is 0 Å². The molecule has 0 fully saturated rings. The normalized spacial score (nSPS) is 11.7. The van der Waals surface area contributed by atoms with Gasteiger partial charge in [0.2, 0.25) is 10.0 Å². The van der Waals surface area contributed by atoms with Crippen molar-refractivity contribution < 1.29 is 8.42 Å². The van der Waals surface area contributed by atoms with Crippen LogP contribution in [0, 0.1) is 0 Å². The fourth-order valence-electron chi connectivity index (χ4n) is 1.77. The summed E-state index contributed by atoms with van der Waals surface area (Å²) in [6.07, 6.45) is 1.54. The van der Waals surface area contributed by atoms with Crippen molar-refractivity contribution in [2.75, 3.05) is 19.3 Å². The summed E-state index contributed by atoms with van der Waals surface area (Å²) in [5.74, 6) is 0.169. The van der Waals surface area contributed by atoms with E-state index < -0.39 is 10.0 Å². The molecular formula is C13H22N2O2S. The van der Waals surface area contributed by atoms with Gasteiger partial charge in [0.15, 0.2) is 0 Å². The molecule has 0 unspecified atom stereocenters. The van der Waals surface area contributed by atoms with E-state index in [4.69, 9.17) is 0 Å². The molecule has 0 atom stereocenters. The molecule has 102 valence electrons. The fourth-order valence-corrected chi connectivity index (χ4v) is 2.82. The zero-order valence-electron chi connectivity index (χ0n) is 11.1. The summed E-state index contributed by atoms with van der Waals surface area (Å²) >= 11 is 0. The predicted molar refractivity (Wildman–Crippen MR) is 75.0 cm³/mol. The zero-order valence-corrected chi connectivity index (χ0v) is 11.9. The SMILES string of the molecule is CCc1ccccc1CNS(=O)(=O)CCCNC. The first-order chi connectivity index (χ1) is 8.59. The topological polar surface area (TPSA) is 58.2 Å². The smallest absolute Gasteiger partial charge is 0.211 e. The van der Waals surface area contributed by atoms with Crippen LogP contribution < -0.4 is 10.0 Å². The van der Waals surface area contributed by atoms with E-state index in [-0.39, 0.29) is 5.75 Å². The summed E-state index contributed by atoms with van der Waals surface area (Å²) in [5.41, 5.74) is 2.24. The molecule has 0 aromatic heterocycles. The van der Waals surface area contributed by atoms with Crippen molar-refractivity contribution in [3.05, 3.63) is 35.4 Å². The molecule has 0 radical (unpaired) electrons. The molecule has 0 aliphatic rings. The van der Waals surface area contributed by atoms with Crippen molar-refractivity contribution >= 4 is 10.0 Å². The number of aryl methyl sites for hydroxylation is 1. The van der Waals surface area contributed by atoms with Gasteiger partial charge in [-0.3, -0.25) is 0 Å². The molecule has 1 aromatic carbocycles. The lowest BCUT2D eigenvalue weighted by atomic mass is 10.1. The molecule has 0 bridgehead atoms. The first-order valence-electron chi connectivity index (χ1n) is 6.27. The highest BCUT2D eigenvalue weighted by Crippen LogP contribution is 2.09. The van der Waals surface area contributed by atoms with Crippen molar-refractivity contribution in [2.45, 2.75) is 26.3 Å². The first-order valence-corrected chi connectivity index (χ1v) is 7.93. The average Bonchev–Trinajstić information content (AvgIpc) is 2.37. The minimum atomic E-state index is -3.17. The molecule has 0 saturated heterocycles. The van der Waals surface area contributed by atoms with E-state index in [1.807, 2.05) is 31.3 Å². The highest BCUT2D eigenvalue weighted by molar-refractivity contribution is 7.89. The molecule has 0 aliphatic carbocycles. The molecule has 0 saturated carbocycles. The van der Waals surface area contributed by atoms with E-state index in [1.165, 1.54) is 5.56 Å². The zero-order chi connectivity index (χ0) is 13.4. The van der Waals surface area contributed by atoms with E-state index in [0.29, 0.717) is 19.5 Å². The van der Waals surface area contributed by atoms with Gasteiger partial charge in [0.1, 0.15) is 0 Å². The Morgan fingerprint density at radius 1 is 1.17 bits per heavy atom. The molecule has 0 amide bonds. The molecule has 5 heteroatoms. The Balaban J connectivity index is 2.53. The maximum Gasteiger partial charge on any atom is 0.211 e. The third-order valence-corrected chi connectivity index (χ3v) is 4.23. The van der Waals surface area contributed by atoms with Crippen LogP contribution in [0.15, 0.2) is 24.3 Å². The first kappa shape index (κ1) is 15.1. The Hall–Kier alpha value is -0.910. The summed E-state index contributed by atoms with van der Waals surface area (Å²) in [5, 5.41) is 2.94. The standard InChI is InChI=1S/C13H22N2O2S/c1-3-12-7-4-5-8-13(12)11-15-18(16,17)10-6-9-14-2/h4-5,7-8,14-15H,3,6,9-11H2,1-2H3. The lowest BCUT2D eigenvalue weighted by molar-refractivity contribution is 0.577. The predicted octanol–water partition coefficient (Wildman–Crippen LogP) is 1.28. The largest absolute Gasteiger partial charge is 0.320 e. The molecule has 0 aliphatic heterocycles. The summed E-state index contributed by atoms with van der Waals surface area (Å²) in [6, 6.07) is 7.91. The van der Waals surface area contributed by atoms with Gasteiger partial charge in [0, 0.05) is 6.54 Å². The van der Waals surface area contributed by atoms with Gasteiger partial charge >= 0.3 is 0 Å². The van der Waals surface area contributed by atoms with E-state index in [0.717, 1.165) is 12.0 Å². The van der Waals surface area contributed by atoms with Crippen LogP contribution in [-0.4, -0.2) is 27.8 Å². The van der Waals surface area contributed by atoms with Crippen LogP contribution in [0.1, 0.15) is 24.5 Å². The van der Waals surface area contributed by atoms with Crippen molar-refractivity contribution in [3.8, 4) is 0 Å². The minimum Gasteiger partial charge on any atom is -0.320 e. The molecule has 4 nitrogen and oxygen atoms in total. The van der Waals surface area contributed by atoms with E-state index >= 15 is 0 Å². The van der Waals surface area contributed by atoms with Gasteiger partial charge in [-0.25, -0.2) is 13.1 Å². The third-order valence-electron chi connectivity index (χ3n) is 2.82. The van der Waals surface area contributed by atoms with Gasteiger partial charge < -0.3 is 5.32 Å². The number of hydrogen-bond donors (Lipinski definition) is 2. The Bertz CT molecular complexity index is 458. The number of nitrogens with one attached hydrogen (secondary N) is 2. The van der Waals surface area contributed by atoms with Crippen LogP contribution in [-0.2, 0) is 23.0 Å². The van der Waals surface area contributed by atoms with Crippen LogP contribution in [0.25, 0.3) is 0 Å². The lowest BCUT2D eigenvalue weighted by Crippen LogP contribution is -2.27. The second-order valence-electron chi connectivity index (χ2n) is 4.22. The quantitative estimate of drug-likeness (QED) is 0.700. The monoisotopic (exact) mass is 270 g/mol. The molecule has 2 N–H and O–H groups in total. The van der Waals surface area contributed by atoms with Crippen LogP contribution >= 0.6 is 0 Å². The molecule has 0 heterocycles. The van der Waals surface area contributed by atoms with E-state index in [1.54, 1.807) is 0 Å². The number of benzene rings is 1. The average molecular weight is 270 g/mol. The molecule has 18 heavy (non-hydrogen) atoms. The Kier molecular flexibility index (Phi) is 6.32. The summed E-state index contributed by atoms with van der Waals surface area (Å²) in [4.78, 5) is 0. The number of sulfonamides is 1. The molecule has 0 spiro atoms. The Morgan fingerprint density at radius 3 is 2.44 bits per heavy atom. The van der Waals surface area contributed by atoms with E-state index in [9.17, 15) is 8.42 Å². The number of rotatable bonds is 8. The molecule has 1 aromatic rings.